The highest BCUT2D eigenvalue weighted by atomic mass is 19.1. The van der Waals surface area contributed by atoms with E-state index in [0.717, 1.165) is 41.8 Å². The molecule has 0 amide bonds. The van der Waals surface area contributed by atoms with Crippen molar-refractivity contribution >= 4 is 17.7 Å². The van der Waals surface area contributed by atoms with Gasteiger partial charge in [0, 0.05) is 18.3 Å². The maximum atomic E-state index is 13.5. The van der Waals surface area contributed by atoms with Crippen LogP contribution >= 0.6 is 0 Å². The van der Waals surface area contributed by atoms with Crippen molar-refractivity contribution in [2.24, 2.45) is 0 Å². The number of benzene rings is 3. The summed E-state index contributed by atoms with van der Waals surface area (Å²) in [5, 5.41) is 9.94. The molecule has 5 heteroatoms. The molecular weight excluding hydrogens is 405 g/mol. The summed E-state index contributed by atoms with van der Waals surface area (Å²) in [5.74, 6) is -0.330. The second kappa shape index (κ2) is 9.69. The quantitative estimate of drug-likeness (QED) is 0.416. The van der Waals surface area contributed by atoms with E-state index in [2.05, 4.69) is 17.0 Å². The first-order valence-electron chi connectivity index (χ1n) is 10.8. The molecule has 1 unspecified atom stereocenters. The molecule has 164 valence electrons. The van der Waals surface area contributed by atoms with Gasteiger partial charge in [0.1, 0.15) is 11.6 Å². The number of hydrogen-bond acceptors (Lipinski definition) is 4. The number of hydrogen-bond donors (Lipinski definition) is 1. The van der Waals surface area contributed by atoms with Crippen molar-refractivity contribution in [2.75, 3.05) is 18.1 Å². The van der Waals surface area contributed by atoms with Gasteiger partial charge in [0.15, 0.2) is 0 Å². The molecular formula is C27H26FNO3. The number of ether oxygens (including phenoxy) is 1. The van der Waals surface area contributed by atoms with Crippen molar-refractivity contribution in [1.82, 2.24) is 0 Å². The van der Waals surface area contributed by atoms with Gasteiger partial charge in [-0.15, -0.1) is 0 Å². The van der Waals surface area contributed by atoms with Crippen molar-refractivity contribution in [3.8, 4) is 5.75 Å². The third-order valence-corrected chi connectivity index (χ3v) is 5.75. The minimum absolute atomic E-state index is 0.0609. The monoisotopic (exact) mass is 431 g/mol. The van der Waals surface area contributed by atoms with Gasteiger partial charge in [0.05, 0.1) is 12.6 Å². The number of fused-ring (bicyclic) bond motifs is 1. The topological polar surface area (TPSA) is 49.8 Å². The zero-order valence-electron chi connectivity index (χ0n) is 18.0. The number of nitrogens with zero attached hydrogens (tertiary/aromatic N) is 1. The lowest BCUT2D eigenvalue weighted by Gasteiger charge is -2.39. The molecule has 4 rings (SSSR count). The molecule has 1 N–H and O–H groups in total. The second-order valence-electron chi connectivity index (χ2n) is 7.85. The smallest absolute Gasteiger partial charge is 0.330 e. The molecule has 0 fully saturated rings. The Morgan fingerprint density at radius 3 is 2.59 bits per heavy atom. The maximum Gasteiger partial charge on any atom is 0.330 e. The number of anilines is 1. The lowest BCUT2D eigenvalue weighted by molar-refractivity contribution is -0.137. The lowest BCUT2D eigenvalue weighted by atomic mass is 9.88. The van der Waals surface area contributed by atoms with Crippen LogP contribution in [0, 0.1) is 5.82 Å². The van der Waals surface area contributed by atoms with Gasteiger partial charge < -0.3 is 14.7 Å². The summed E-state index contributed by atoms with van der Waals surface area (Å²) in [5.41, 5.74) is 5.36. The van der Waals surface area contributed by atoms with Gasteiger partial charge in [0.2, 0.25) is 0 Å². The Morgan fingerprint density at radius 1 is 1.12 bits per heavy atom. The Bertz CT molecular complexity index is 1110. The Balaban J connectivity index is 1.59. The molecule has 3 aromatic carbocycles. The predicted molar refractivity (Wildman–Crippen MR) is 124 cm³/mol. The van der Waals surface area contributed by atoms with Crippen LogP contribution in [0.3, 0.4) is 0 Å². The van der Waals surface area contributed by atoms with Gasteiger partial charge in [0.25, 0.3) is 0 Å². The lowest BCUT2D eigenvalue weighted by Crippen LogP contribution is -2.36. The molecule has 1 aliphatic rings. The molecule has 0 saturated heterocycles. The molecule has 0 bridgehead atoms. The molecule has 0 spiro atoms. The zero-order chi connectivity index (χ0) is 22.5. The number of phenolic OH excluding ortho intramolecular Hbond substituents is 1. The van der Waals surface area contributed by atoms with Crippen LogP contribution in [0.1, 0.15) is 35.2 Å². The fourth-order valence-corrected chi connectivity index (χ4v) is 4.20. The van der Waals surface area contributed by atoms with E-state index in [1.807, 2.05) is 36.4 Å². The Kier molecular flexibility index (Phi) is 6.55. The Labute approximate surface area is 187 Å². The Hall–Kier alpha value is -3.60. The third kappa shape index (κ3) is 4.99. The molecule has 0 aliphatic carbocycles. The summed E-state index contributed by atoms with van der Waals surface area (Å²) in [6.45, 7) is 2.92. The van der Waals surface area contributed by atoms with Crippen LogP contribution < -0.4 is 4.90 Å². The summed E-state index contributed by atoms with van der Waals surface area (Å²) in [7, 11) is 0. The van der Waals surface area contributed by atoms with Crippen LogP contribution in [0.2, 0.25) is 0 Å². The molecule has 1 atom stereocenters. The van der Waals surface area contributed by atoms with Crippen molar-refractivity contribution in [3.63, 3.8) is 0 Å². The van der Waals surface area contributed by atoms with E-state index in [1.165, 1.54) is 23.8 Å². The van der Waals surface area contributed by atoms with Gasteiger partial charge in [-0.25, -0.2) is 9.18 Å². The highest BCUT2D eigenvalue weighted by Gasteiger charge is 2.28. The SMILES string of the molecule is CCOC(=O)C=Cc1ccc(CC2c3ccc(O)cc3CCN2c2ccc(F)cc2)cc1. The first-order chi connectivity index (χ1) is 15.5. The highest BCUT2D eigenvalue weighted by Crippen LogP contribution is 2.37. The van der Waals surface area contributed by atoms with Gasteiger partial charge in [-0.2, -0.15) is 0 Å². The van der Waals surface area contributed by atoms with E-state index in [4.69, 9.17) is 4.74 Å². The van der Waals surface area contributed by atoms with Gasteiger partial charge in [-0.1, -0.05) is 30.3 Å². The number of halogens is 1. The van der Waals surface area contributed by atoms with Crippen LogP contribution in [0.15, 0.2) is 72.8 Å². The summed E-state index contributed by atoms with van der Waals surface area (Å²) in [6.07, 6.45) is 4.75. The Morgan fingerprint density at radius 2 is 1.88 bits per heavy atom. The molecule has 0 aromatic heterocycles. The first-order valence-corrected chi connectivity index (χ1v) is 10.8. The highest BCUT2D eigenvalue weighted by molar-refractivity contribution is 5.87. The summed E-state index contributed by atoms with van der Waals surface area (Å²) in [4.78, 5) is 13.8. The molecule has 0 radical (unpaired) electrons. The third-order valence-electron chi connectivity index (χ3n) is 5.75. The largest absolute Gasteiger partial charge is 0.508 e. The first kappa shape index (κ1) is 21.6. The molecule has 32 heavy (non-hydrogen) atoms. The maximum absolute atomic E-state index is 13.5. The molecule has 1 aliphatic heterocycles. The summed E-state index contributed by atoms with van der Waals surface area (Å²) < 4.78 is 18.4. The van der Waals surface area contributed by atoms with Crippen LogP contribution in [-0.4, -0.2) is 24.2 Å². The number of aromatic hydroxyl groups is 1. The molecule has 3 aromatic rings. The van der Waals surface area contributed by atoms with E-state index in [-0.39, 0.29) is 23.6 Å². The van der Waals surface area contributed by atoms with E-state index in [1.54, 1.807) is 19.1 Å². The van der Waals surface area contributed by atoms with Crippen molar-refractivity contribution < 1.29 is 19.0 Å². The van der Waals surface area contributed by atoms with Crippen LogP contribution in [0.5, 0.6) is 5.75 Å². The fourth-order valence-electron chi connectivity index (χ4n) is 4.20. The van der Waals surface area contributed by atoms with E-state index in [9.17, 15) is 14.3 Å². The molecule has 1 heterocycles. The standard InChI is InChI=1S/C27H26FNO3/c1-2-32-27(31)14-7-19-3-5-20(6-4-19)17-26-25-13-12-24(30)18-21(25)15-16-29(26)23-10-8-22(28)9-11-23/h3-14,18,26,30H,2,15-17H2,1H3. The van der Waals surface area contributed by atoms with Gasteiger partial charge in [-0.3, -0.25) is 0 Å². The summed E-state index contributed by atoms with van der Waals surface area (Å²) >= 11 is 0. The fraction of sp³-hybridized carbons (Fsp3) is 0.222. The number of carbonyl (C=O) groups excluding carboxylic acids is 1. The van der Waals surface area contributed by atoms with Crippen molar-refractivity contribution in [1.29, 1.82) is 0 Å². The van der Waals surface area contributed by atoms with E-state index >= 15 is 0 Å². The number of esters is 1. The van der Waals surface area contributed by atoms with Crippen molar-refractivity contribution in [3.05, 3.63) is 101 Å². The number of carbonyl (C=O) groups is 1. The van der Waals surface area contributed by atoms with Gasteiger partial charge >= 0.3 is 5.97 Å². The number of phenols is 1. The van der Waals surface area contributed by atoms with Crippen LogP contribution in [0.4, 0.5) is 10.1 Å². The predicted octanol–water partition coefficient (Wildman–Crippen LogP) is 5.45. The van der Waals surface area contributed by atoms with Crippen molar-refractivity contribution in [2.45, 2.75) is 25.8 Å². The average molecular weight is 432 g/mol. The molecule has 4 nitrogen and oxygen atoms in total. The second-order valence-corrected chi connectivity index (χ2v) is 7.85. The zero-order valence-corrected chi connectivity index (χ0v) is 18.0. The van der Waals surface area contributed by atoms with Crippen LogP contribution in [0.25, 0.3) is 6.08 Å². The molecule has 0 saturated carbocycles. The number of rotatable bonds is 6. The minimum atomic E-state index is -0.353. The van der Waals surface area contributed by atoms with Gasteiger partial charge in [-0.05, 0) is 84.5 Å². The van der Waals surface area contributed by atoms with Crippen LogP contribution in [-0.2, 0) is 22.4 Å². The minimum Gasteiger partial charge on any atom is -0.508 e. The van der Waals surface area contributed by atoms with E-state index < -0.39 is 0 Å². The normalized spacial score (nSPS) is 15.6. The average Bonchev–Trinajstić information content (AvgIpc) is 2.79. The van der Waals surface area contributed by atoms with E-state index in [0.29, 0.717) is 6.61 Å². The summed E-state index contributed by atoms with van der Waals surface area (Å²) in [6, 6.07) is 20.3.